The van der Waals surface area contributed by atoms with Gasteiger partial charge in [-0.2, -0.15) is 5.10 Å². The number of hydrogen-bond acceptors (Lipinski definition) is 6. The summed E-state index contributed by atoms with van der Waals surface area (Å²) >= 11 is 0. The molecule has 152 valence electrons. The molecule has 0 spiro atoms. The smallest absolute Gasteiger partial charge is 0.267 e. The standard InChI is InChI=1S/C22H22N6O2/c29-20-8-7-19(16-5-2-1-3-6-16)25-28(20)15-21(30)26-11-17-13-27(14-18(17)12-26)22-23-9-4-10-24-22/h1-10,17-18H,11-15H2. The van der Waals surface area contributed by atoms with E-state index in [0.717, 1.165) is 24.6 Å². The number of aromatic nitrogens is 4. The van der Waals surface area contributed by atoms with Crippen LogP contribution in [0.1, 0.15) is 0 Å². The molecule has 8 heteroatoms. The summed E-state index contributed by atoms with van der Waals surface area (Å²) in [7, 11) is 0. The summed E-state index contributed by atoms with van der Waals surface area (Å²) in [6.45, 7) is 3.05. The van der Waals surface area contributed by atoms with Gasteiger partial charge in [-0.1, -0.05) is 30.3 Å². The molecule has 0 radical (unpaired) electrons. The third-order valence-corrected chi connectivity index (χ3v) is 5.90. The minimum absolute atomic E-state index is 0.0372. The van der Waals surface area contributed by atoms with Crippen LogP contribution >= 0.6 is 0 Å². The first-order valence-corrected chi connectivity index (χ1v) is 10.1. The molecule has 2 unspecified atom stereocenters. The van der Waals surface area contributed by atoms with Crippen molar-refractivity contribution in [2.24, 2.45) is 11.8 Å². The lowest BCUT2D eigenvalue weighted by Crippen LogP contribution is -2.38. The molecule has 1 amide bonds. The Morgan fingerprint density at radius 2 is 1.60 bits per heavy atom. The van der Waals surface area contributed by atoms with Crippen molar-refractivity contribution in [2.45, 2.75) is 6.54 Å². The molecule has 2 fully saturated rings. The van der Waals surface area contributed by atoms with Crippen LogP contribution in [0.25, 0.3) is 11.3 Å². The van der Waals surface area contributed by atoms with E-state index in [1.54, 1.807) is 18.5 Å². The van der Waals surface area contributed by atoms with Crippen LogP contribution in [0.15, 0.2) is 65.7 Å². The third kappa shape index (κ3) is 3.56. The Balaban J connectivity index is 1.25. The number of rotatable bonds is 4. The predicted octanol–water partition coefficient (Wildman–Crippen LogP) is 1.30. The highest BCUT2D eigenvalue weighted by atomic mass is 16.2. The topological polar surface area (TPSA) is 84.2 Å². The highest BCUT2D eigenvalue weighted by Crippen LogP contribution is 2.32. The SMILES string of the molecule is O=C(Cn1nc(-c2ccccc2)ccc1=O)N1CC2CN(c3ncccn3)CC2C1. The van der Waals surface area contributed by atoms with Gasteiger partial charge >= 0.3 is 0 Å². The first-order valence-electron chi connectivity index (χ1n) is 10.1. The van der Waals surface area contributed by atoms with E-state index in [1.165, 1.54) is 10.7 Å². The van der Waals surface area contributed by atoms with Crippen molar-refractivity contribution in [1.29, 1.82) is 0 Å². The molecule has 5 rings (SSSR count). The summed E-state index contributed by atoms with van der Waals surface area (Å²) < 4.78 is 1.27. The molecular formula is C22H22N6O2. The average molecular weight is 402 g/mol. The van der Waals surface area contributed by atoms with Crippen molar-refractivity contribution in [2.75, 3.05) is 31.1 Å². The summed E-state index contributed by atoms with van der Waals surface area (Å²) in [6, 6.07) is 14.6. The largest absolute Gasteiger partial charge is 0.340 e. The lowest BCUT2D eigenvalue weighted by Gasteiger charge is -2.21. The molecule has 8 nitrogen and oxygen atoms in total. The summed E-state index contributed by atoms with van der Waals surface area (Å²) in [5, 5.41) is 4.41. The van der Waals surface area contributed by atoms with E-state index < -0.39 is 0 Å². The number of anilines is 1. The van der Waals surface area contributed by atoms with Crippen molar-refractivity contribution in [1.82, 2.24) is 24.6 Å². The number of benzene rings is 1. The highest BCUT2D eigenvalue weighted by Gasteiger charge is 2.42. The second-order valence-electron chi connectivity index (χ2n) is 7.85. The molecule has 1 aromatic carbocycles. The van der Waals surface area contributed by atoms with Gasteiger partial charge in [-0.25, -0.2) is 14.6 Å². The molecule has 30 heavy (non-hydrogen) atoms. The van der Waals surface area contributed by atoms with Crippen LogP contribution in [-0.2, 0) is 11.3 Å². The van der Waals surface area contributed by atoms with E-state index in [0.29, 0.717) is 30.6 Å². The van der Waals surface area contributed by atoms with Crippen molar-refractivity contribution < 1.29 is 4.79 Å². The summed E-state index contributed by atoms with van der Waals surface area (Å²) in [5.74, 6) is 1.49. The highest BCUT2D eigenvalue weighted by molar-refractivity contribution is 5.76. The number of fused-ring (bicyclic) bond motifs is 1. The minimum atomic E-state index is -0.269. The van der Waals surface area contributed by atoms with Gasteiger partial charge in [0.15, 0.2) is 0 Å². The fourth-order valence-electron chi connectivity index (χ4n) is 4.37. The van der Waals surface area contributed by atoms with Gasteiger partial charge in [-0.3, -0.25) is 9.59 Å². The molecule has 3 aromatic rings. The third-order valence-electron chi connectivity index (χ3n) is 5.90. The Kier molecular flexibility index (Phi) is 4.74. The zero-order valence-corrected chi connectivity index (χ0v) is 16.5. The molecule has 0 saturated carbocycles. The number of likely N-dealkylation sites (tertiary alicyclic amines) is 1. The Labute approximate surface area is 173 Å². The quantitative estimate of drug-likeness (QED) is 0.654. The van der Waals surface area contributed by atoms with Gasteiger partial charge in [-0.15, -0.1) is 0 Å². The molecule has 0 aliphatic carbocycles. The maximum absolute atomic E-state index is 12.9. The van der Waals surface area contributed by atoms with Gasteiger partial charge in [0.1, 0.15) is 6.54 Å². The number of amides is 1. The average Bonchev–Trinajstić information content (AvgIpc) is 3.36. The van der Waals surface area contributed by atoms with Crippen molar-refractivity contribution >= 4 is 11.9 Å². The van der Waals surface area contributed by atoms with Crippen molar-refractivity contribution in [3.8, 4) is 11.3 Å². The second-order valence-corrected chi connectivity index (χ2v) is 7.85. The molecule has 0 N–H and O–H groups in total. The van der Waals surface area contributed by atoms with Crippen LogP contribution in [0.2, 0.25) is 0 Å². The van der Waals surface area contributed by atoms with Crippen molar-refractivity contribution in [3.63, 3.8) is 0 Å². The van der Waals surface area contributed by atoms with Gasteiger partial charge in [-0.05, 0) is 12.1 Å². The second kappa shape index (κ2) is 7.70. The van der Waals surface area contributed by atoms with Crippen molar-refractivity contribution in [3.05, 3.63) is 71.3 Å². The monoisotopic (exact) mass is 402 g/mol. The number of nitrogens with zero attached hydrogens (tertiary/aromatic N) is 6. The van der Waals surface area contributed by atoms with Gasteiger partial charge in [0.25, 0.3) is 5.56 Å². The van der Waals surface area contributed by atoms with Crippen LogP contribution in [0.5, 0.6) is 0 Å². The first-order chi connectivity index (χ1) is 14.7. The van der Waals surface area contributed by atoms with E-state index in [1.807, 2.05) is 41.3 Å². The van der Waals surface area contributed by atoms with E-state index in [-0.39, 0.29) is 18.0 Å². The van der Waals surface area contributed by atoms with Crippen LogP contribution in [0.3, 0.4) is 0 Å². The minimum Gasteiger partial charge on any atom is -0.340 e. The lowest BCUT2D eigenvalue weighted by molar-refractivity contribution is -0.131. The van der Waals surface area contributed by atoms with E-state index in [9.17, 15) is 9.59 Å². The van der Waals surface area contributed by atoms with Gasteiger partial charge in [0.05, 0.1) is 5.69 Å². The van der Waals surface area contributed by atoms with E-state index in [2.05, 4.69) is 20.0 Å². The van der Waals surface area contributed by atoms with Crippen LogP contribution in [0.4, 0.5) is 5.95 Å². The Morgan fingerprint density at radius 1 is 0.900 bits per heavy atom. The fourth-order valence-corrected chi connectivity index (χ4v) is 4.37. The maximum Gasteiger partial charge on any atom is 0.267 e. The van der Waals surface area contributed by atoms with E-state index in [4.69, 9.17) is 0 Å². The molecule has 4 heterocycles. The Bertz CT molecular complexity index is 1090. The molecule has 2 saturated heterocycles. The Morgan fingerprint density at radius 3 is 2.30 bits per heavy atom. The first kappa shape index (κ1) is 18.5. The molecule has 2 atom stereocenters. The molecule has 2 aromatic heterocycles. The lowest BCUT2D eigenvalue weighted by atomic mass is 10.0. The summed E-state index contributed by atoms with van der Waals surface area (Å²) in [6.07, 6.45) is 3.50. The molecule has 0 bridgehead atoms. The van der Waals surface area contributed by atoms with Gasteiger partial charge in [0, 0.05) is 62.0 Å². The van der Waals surface area contributed by atoms with Crippen LogP contribution in [-0.4, -0.2) is 56.7 Å². The van der Waals surface area contributed by atoms with Crippen LogP contribution < -0.4 is 10.5 Å². The summed E-state index contributed by atoms with van der Waals surface area (Å²) in [5.41, 5.74) is 1.33. The zero-order chi connectivity index (χ0) is 20.5. The van der Waals surface area contributed by atoms with Gasteiger partial charge < -0.3 is 9.80 Å². The number of carbonyl (C=O) groups is 1. The predicted molar refractivity (Wildman–Crippen MR) is 112 cm³/mol. The summed E-state index contributed by atoms with van der Waals surface area (Å²) in [4.78, 5) is 37.9. The van der Waals surface area contributed by atoms with E-state index >= 15 is 0 Å². The van der Waals surface area contributed by atoms with Crippen LogP contribution in [0, 0.1) is 11.8 Å². The number of carbonyl (C=O) groups excluding carboxylic acids is 1. The molecule has 2 aliphatic heterocycles. The molecule has 2 aliphatic rings. The zero-order valence-electron chi connectivity index (χ0n) is 16.5. The maximum atomic E-state index is 12.9. The number of hydrogen-bond donors (Lipinski definition) is 0. The molecular weight excluding hydrogens is 380 g/mol. The van der Waals surface area contributed by atoms with Gasteiger partial charge in [0.2, 0.25) is 11.9 Å². The Hall–Kier alpha value is -3.55. The fraction of sp³-hybridized carbons (Fsp3) is 0.318. The normalized spacial score (nSPS) is 20.4.